The van der Waals surface area contributed by atoms with Crippen LogP contribution >= 0.6 is 0 Å². The highest BCUT2D eigenvalue weighted by Gasteiger charge is 2.31. The Kier molecular flexibility index (Phi) is 5.67. The average molecular weight is 485 g/mol. The van der Waals surface area contributed by atoms with Gasteiger partial charge in [0.1, 0.15) is 17.7 Å². The molecule has 0 radical (unpaired) electrons. The molecule has 2 aliphatic carbocycles. The molecular weight excluding hydrogens is 456 g/mol. The van der Waals surface area contributed by atoms with Crippen molar-refractivity contribution in [3.05, 3.63) is 55.0 Å². The van der Waals surface area contributed by atoms with Crippen LogP contribution in [0.2, 0.25) is 0 Å². The van der Waals surface area contributed by atoms with Crippen molar-refractivity contribution in [2.45, 2.75) is 51.2 Å². The molecule has 36 heavy (non-hydrogen) atoms. The molecule has 1 atom stereocenters. The Morgan fingerprint density at radius 3 is 2.58 bits per heavy atom. The molecule has 9 nitrogen and oxygen atoms in total. The number of nitrogens with two attached hydrogens (primary N) is 1. The van der Waals surface area contributed by atoms with E-state index in [0.29, 0.717) is 35.2 Å². The van der Waals surface area contributed by atoms with E-state index >= 15 is 0 Å². The summed E-state index contributed by atoms with van der Waals surface area (Å²) in [5.74, 6) is 1.57. The van der Waals surface area contributed by atoms with Gasteiger partial charge in [0.25, 0.3) is 0 Å². The number of amides is 1. The number of ether oxygens (including phenoxy) is 2. The Labute approximate surface area is 208 Å². The molecule has 1 amide bonds. The van der Waals surface area contributed by atoms with E-state index in [4.69, 9.17) is 15.2 Å². The average Bonchev–Trinajstić information content (AvgIpc) is 3.66. The van der Waals surface area contributed by atoms with Gasteiger partial charge in [0.2, 0.25) is 0 Å². The fourth-order valence-corrected chi connectivity index (χ4v) is 4.71. The van der Waals surface area contributed by atoms with Crippen molar-refractivity contribution in [1.82, 2.24) is 19.5 Å². The Morgan fingerprint density at radius 2 is 1.92 bits per heavy atom. The number of rotatable bonds is 7. The molecule has 0 saturated heterocycles. The summed E-state index contributed by atoms with van der Waals surface area (Å²) in [6.45, 7) is 1.93. The van der Waals surface area contributed by atoms with E-state index in [9.17, 15) is 4.79 Å². The van der Waals surface area contributed by atoms with Crippen LogP contribution in [0.15, 0.2) is 55.0 Å². The molecule has 3 aromatic heterocycles. The van der Waals surface area contributed by atoms with Crippen LogP contribution in [0.4, 0.5) is 16.3 Å². The lowest BCUT2D eigenvalue weighted by Gasteiger charge is -2.30. The van der Waals surface area contributed by atoms with Crippen molar-refractivity contribution in [3.8, 4) is 23.0 Å². The molecule has 0 unspecified atom stereocenters. The van der Waals surface area contributed by atoms with Crippen molar-refractivity contribution in [2.24, 2.45) is 5.92 Å². The maximum absolute atomic E-state index is 12.2. The van der Waals surface area contributed by atoms with Gasteiger partial charge < -0.3 is 19.8 Å². The van der Waals surface area contributed by atoms with Crippen LogP contribution in [-0.2, 0) is 4.74 Å². The van der Waals surface area contributed by atoms with E-state index in [1.54, 1.807) is 30.7 Å². The van der Waals surface area contributed by atoms with Gasteiger partial charge in [-0.25, -0.2) is 19.7 Å². The highest BCUT2D eigenvalue weighted by molar-refractivity contribution is 6.01. The number of nitrogen functional groups attached to an aromatic ring is 1. The van der Waals surface area contributed by atoms with Crippen LogP contribution in [0.25, 0.3) is 22.2 Å². The minimum Gasteiger partial charge on any atom is -0.446 e. The van der Waals surface area contributed by atoms with Gasteiger partial charge in [-0.15, -0.1) is 0 Å². The third-order valence-electron chi connectivity index (χ3n) is 7.05. The van der Waals surface area contributed by atoms with Crippen molar-refractivity contribution in [1.29, 1.82) is 0 Å². The topological polar surface area (TPSA) is 117 Å². The molecule has 1 aromatic carbocycles. The van der Waals surface area contributed by atoms with E-state index in [1.165, 1.54) is 6.42 Å². The maximum atomic E-state index is 12.2. The summed E-state index contributed by atoms with van der Waals surface area (Å²) in [5.41, 5.74) is 10.2. The molecule has 2 fully saturated rings. The molecular formula is C27H28N6O3. The van der Waals surface area contributed by atoms with Crippen molar-refractivity contribution < 1.29 is 14.3 Å². The number of benzene rings is 1. The Morgan fingerprint density at radius 1 is 1.11 bits per heavy atom. The molecule has 0 aliphatic heterocycles. The third kappa shape index (κ3) is 4.32. The van der Waals surface area contributed by atoms with Crippen molar-refractivity contribution in [2.75, 3.05) is 11.1 Å². The van der Waals surface area contributed by atoms with E-state index in [1.807, 2.05) is 31.2 Å². The number of hydrogen-bond acceptors (Lipinski definition) is 7. The highest BCUT2D eigenvalue weighted by Crippen LogP contribution is 2.45. The number of pyridine rings is 1. The first-order valence-electron chi connectivity index (χ1n) is 12.4. The highest BCUT2D eigenvalue weighted by atomic mass is 16.6. The SMILES string of the molecule is C[C@@H](OC(=O)Nc1ccc(-c2c(N)c3ccc(Oc4ncccn4)cc3n2C2CCC2)cn1)C1CC1. The summed E-state index contributed by atoms with van der Waals surface area (Å²) in [5, 5.41) is 3.68. The second-order valence-electron chi connectivity index (χ2n) is 9.53. The molecule has 0 bridgehead atoms. The Bertz CT molecular complexity index is 1390. The first-order valence-corrected chi connectivity index (χ1v) is 12.4. The van der Waals surface area contributed by atoms with Gasteiger partial charge in [-0.3, -0.25) is 5.32 Å². The van der Waals surface area contributed by atoms with Gasteiger partial charge in [-0.2, -0.15) is 0 Å². The smallest absolute Gasteiger partial charge is 0.413 e. The summed E-state index contributed by atoms with van der Waals surface area (Å²) >= 11 is 0. The molecule has 2 saturated carbocycles. The largest absolute Gasteiger partial charge is 0.446 e. The fourth-order valence-electron chi connectivity index (χ4n) is 4.71. The molecule has 0 spiro atoms. The molecule has 3 heterocycles. The van der Waals surface area contributed by atoms with Crippen LogP contribution in [-0.4, -0.2) is 31.7 Å². The van der Waals surface area contributed by atoms with Crippen LogP contribution in [0.3, 0.4) is 0 Å². The third-order valence-corrected chi connectivity index (χ3v) is 7.05. The predicted molar refractivity (Wildman–Crippen MR) is 137 cm³/mol. The molecule has 6 rings (SSSR count). The van der Waals surface area contributed by atoms with Gasteiger partial charge >= 0.3 is 12.1 Å². The summed E-state index contributed by atoms with van der Waals surface area (Å²) in [6.07, 6.45) is 10.1. The quantitative estimate of drug-likeness (QED) is 0.333. The van der Waals surface area contributed by atoms with E-state index < -0.39 is 6.09 Å². The number of anilines is 2. The molecule has 9 heteroatoms. The second-order valence-corrected chi connectivity index (χ2v) is 9.53. The van der Waals surface area contributed by atoms with Crippen LogP contribution < -0.4 is 15.8 Å². The minimum atomic E-state index is -0.479. The lowest BCUT2D eigenvalue weighted by atomic mass is 9.92. The summed E-state index contributed by atoms with van der Waals surface area (Å²) in [7, 11) is 0. The standard InChI is InChI=1S/C27H28N6O3/c1-16(17-6-7-17)35-27(34)32-23-11-8-18(15-31-23)25-24(28)21-10-9-20(36-26-29-12-3-13-30-26)14-22(21)33(25)19-4-2-5-19/h3,8-17,19H,2,4-7,28H2,1H3,(H,31,32,34)/t16-/m1/s1. The van der Waals surface area contributed by atoms with Crippen molar-refractivity contribution >= 4 is 28.5 Å². The number of nitrogens with one attached hydrogen (secondary N) is 1. The number of nitrogens with zero attached hydrogens (tertiary/aromatic N) is 4. The van der Waals surface area contributed by atoms with Crippen LogP contribution in [0.1, 0.15) is 45.1 Å². The fraction of sp³-hybridized carbons (Fsp3) is 0.333. The van der Waals surface area contributed by atoms with Gasteiger partial charge in [0.15, 0.2) is 0 Å². The van der Waals surface area contributed by atoms with E-state index in [0.717, 1.165) is 47.8 Å². The number of carbonyl (C=O) groups excluding carboxylic acids is 1. The number of hydrogen-bond donors (Lipinski definition) is 2. The lowest BCUT2D eigenvalue weighted by Crippen LogP contribution is -2.22. The van der Waals surface area contributed by atoms with E-state index in [-0.39, 0.29) is 6.10 Å². The first kappa shape index (κ1) is 22.3. The zero-order chi connectivity index (χ0) is 24.6. The number of carbonyl (C=O) groups is 1. The lowest BCUT2D eigenvalue weighted by molar-refractivity contribution is 0.108. The van der Waals surface area contributed by atoms with Crippen LogP contribution in [0.5, 0.6) is 11.8 Å². The first-order chi connectivity index (χ1) is 17.6. The maximum Gasteiger partial charge on any atom is 0.413 e. The zero-order valence-corrected chi connectivity index (χ0v) is 20.1. The summed E-state index contributed by atoms with van der Waals surface area (Å²) < 4.78 is 13.6. The second kappa shape index (κ2) is 9.14. The number of fused-ring (bicyclic) bond motifs is 1. The van der Waals surface area contributed by atoms with Gasteiger partial charge in [-0.1, -0.05) is 0 Å². The van der Waals surface area contributed by atoms with Gasteiger partial charge in [-0.05, 0) is 75.3 Å². The molecule has 2 aliphatic rings. The van der Waals surface area contributed by atoms with Gasteiger partial charge in [0, 0.05) is 41.6 Å². The Balaban J connectivity index is 1.30. The Hall–Kier alpha value is -4.14. The molecule has 3 N–H and O–H groups in total. The monoisotopic (exact) mass is 484 g/mol. The van der Waals surface area contributed by atoms with E-state index in [2.05, 4.69) is 24.8 Å². The summed E-state index contributed by atoms with van der Waals surface area (Å²) in [6, 6.07) is 11.9. The number of aromatic nitrogens is 4. The molecule has 4 aromatic rings. The molecule has 184 valence electrons. The van der Waals surface area contributed by atoms with Gasteiger partial charge in [0.05, 0.1) is 16.9 Å². The predicted octanol–water partition coefficient (Wildman–Crippen LogP) is 5.94. The minimum absolute atomic E-state index is 0.0791. The summed E-state index contributed by atoms with van der Waals surface area (Å²) in [4.78, 5) is 25.0. The van der Waals surface area contributed by atoms with Crippen molar-refractivity contribution in [3.63, 3.8) is 0 Å². The normalized spacial score (nSPS) is 16.4. The zero-order valence-electron chi connectivity index (χ0n) is 20.1. The van der Waals surface area contributed by atoms with Crippen LogP contribution in [0, 0.1) is 5.92 Å².